The first-order valence-electron chi connectivity index (χ1n) is 6.89. The fraction of sp³-hybridized carbons (Fsp3) is 0.600. The molecule has 0 saturated carbocycles. The smallest absolute Gasteiger partial charge is 0.137 e. The number of rotatable bonds is 3. The molecular formula is C15H22BrFN2. The van der Waals surface area contributed by atoms with Crippen LogP contribution in [0.5, 0.6) is 0 Å². The van der Waals surface area contributed by atoms with Crippen LogP contribution in [-0.2, 0) is 6.54 Å². The molecule has 4 heteroatoms. The lowest BCUT2D eigenvalue weighted by Crippen LogP contribution is -2.56. The van der Waals surface area contributed by atoms with Gasteiger partial charge in [0, 0.05) is 31.7 Å². The predicted molar refractivity (Wildman–Crippen MR) is 80.6 cm³/mol. The maximum Gasteiger partial charge on any atom is 0.137 e. The van der Waals surface area contributed by atoms with E-state index in [1.807, 2.05) is 6.07 Å². The highest BCUT2D eigenvalue weighted by atomic mass is 79.9. The van der Waals surface area contributed by atoms with Crippen LogP contribution in [0.15, 0.2) is 22.7 Å². The van der Waals surface area contributed by atoms with Gasteiger partial charge in [-0.15, -0.1) is 0 Å². The van der Waals surface area contributed by atoms with Crippen molar-refractivity contribution in [2.75, 3.05) is 13.1 Å². The van der Waals surface area contributed by atoms with Gasteiger partial charge in [0.05, 0.1) is 4.47 Å². The van der Waals surface area contributed by atoms with E-state index in [4.69, 9.17) is 0 Å². The van der Waals surface area contributed by atoms with Crippen molar-refractivity contribution in [3.63, 3.8) is 0 Å². The van der Waals surface area contributed by atoms with Gasteiger partial charge in [0.2, 0.25) is 0 Å². The van der Waals surface area contributed by atoms with Crippen LogP contribution < -0.4 is 5.32 Å². The number of hydrogen-bond donors (Lipinski definition) is 1. The van der Waals surface area contributed by atoms with Gasteiger partial charge in [-0.25, -0.2) is 4.39 Å². The van der Waals surface area contributed by atoms with Crippen LogP contribution in [0.1, 0.15) is 26.3 Å². The number of hydrogen-bond acceptors (Lipinski definition) is 2. The van der Waals surface area contributed by atoms with Gasteiger partial charge in [-0.3, -0.25) is 4.90 Å². The molecule has 1 aliphatic heterocycles. The molecule has 1 fully saturated rings. The Kier molecular flexibility index (Phi) is 4.98. The van der Waals surface area contributed by atoms with Crippen molar-refractivity contribution in [2.24, 2.45) is 5.92 Å². The van der Waals surface area contributed by atoms with Gasteiger partial charge in [-0.05, 0) is 40.4 Å². The van der Waals surface area contributed by atoms with E-state index in [9.17, 15) is 4.39 Å². The van der Waals surface area contributed by atoms with Crippen molar-refractivity contribution < 1.29 is 4.39 Å². The first-order valence-corrected chi connectivity index (χ1v) is 7.68. The van der Waals surface area contributed by atoms with E-state index in [0.29, 0.717) is 22.5 Å². The highest BCUT2D eigenvalue weighted by Gasteiger charge is 2.28. The summed E-state index contributed by atoms with van der Waals surface area (Å²) in [5.74, 6) is 0.411. The van der Waals surface area contributed by atoms with Gasteiger partial charge in [-0.1, -0.05) is 26.0 Å². The minimum absolute atomic E-state index is 0.179. The van der Waals surface area contributed by atoms with Gasteiger partial charge < -0.3 is 5.32 Å². The summed E-state index contributed by atoms with van der Waals surface area (Å²) in [5, 5.41) is 3.53. The van der Waals surface area contributed by atoms with Crippen LogP contribution in [0.4, 0.5) is 4.39 Å². The summed E-state index contributed by atoms with van der Waals surface area (Å²) < 4.78 is 14.2. The molecule has 0 aliphatic carbocycles. The fourth-order valence-corrected chi connectivity index (χ4v) is 3.12. The molecule has 1 N–H and O–H groups in total. The van der Waals surface area contributed by atoms with Crippen molar-refractivity contribution >= 4 is 15.9 Å². The minimum Gasteiger partial charge on any atom is -0.311 e. The van der Waals surface area contributed by atoms with Crippen LogP contribution in [0.2, 0.25) is 0 Å². The lowest BCUT2D eigenvalue weighted by Gasteiger charge is -2.41. The number of halogens is 2. The Morgan fingerprint density at radius 3 is 2.89 bits per heavy atom. The molecule has 2 unspecified atom stereocenters. The van der Waals surface area contributed by atoms with Crippen LogP contribution in [0, 0.1) is 11.7 Å². The second-order valence-electron chi connectivity index (χ2n) is 5.76. The van der Waals surface area contributed by atoms with E-state index >= 15 is 0 Å². The molecule has 1 heterocycles. The van der Waals surface area contributed by atoms with E-state index in [1.54, 1.807) is 6.07 Å². The van der Waals surface area contributed by atoms with Crippen molar-refractivity contribution in [1.82, 2.24) is 10.2 Å². The van der Waals surface area contributed by atoms with Gasteiger partial charge in [0.1, 0.15) is 5.82 Å². The minimum atomic E-state index is -0.179. The Morgan fingerprint density at radius 2 is 2.21 bits per heavy atom. The summed E-state index contributed by atoms with van der Waals surface area (Å²) in [5.41, 5.74) is 1.03. The summed E-state index contributed by atoms with van der Waals surface area (Å²) >= 11 is 3.36. The van der Waals surface area contributed by atoms with Gasteiger partial charge >= 0.3 is 0 Å². The number of piperazine rings is 1. The molecule has 1 aliphatic rings. The number of nitrogens with zero attached hydrogens (tertiary/aromatic N) is 1. The Morgan fingerprint density at radius 1 is 1.47 bits per heavy atom. The highest BCUT2D eigenvalue weighted by molar-refractivity contribution is 9.10. The molecule has 2 rings (SSSR count). The van der Waals surface area contributed by atoms with E-state index in [0.717, 1.165) is 25.2 Å². The van der Waals surface area contributed by atoms with Crippen molar-refractivity contribution in [1.29, 1.82) is 0 Å². The van der Waals surface area contributed by atoms with Crippen LogP contribution in [0.25, 0.3) is 0 Å². The zero-order chi connectivity index (χ0) is 14.0. The van der Waals surface area contributed by atoms with Gasteiger partial charge in [0.15, 0.2) is 0 Å². The molecule has 0 aromatic heterocycles. The molecule has 0 radical (unpaired) electrons. The molecule has 2 nitrogen and oxygen atoms in total. The Hall–Kier alpha value is -0.450. The molecule has 0 bridgehead atoms. The Balaban J connectivity index is 2.16. The quantitative estimate of drug-likeness (QED) is 0.914. The SMILES string of the molecule is CC1CN(Cc2cccc(F)c2Br)C(C(C)C)CN1. The lowest BCUT2D eigenvalue weighted by atomic mass is 9.98. The molecule has 1 saturated heterocycles. The van der Waals surface area contributed by atoms with Crippen LogP contribution in [0.3, 0.4) is 0 Å². The second-order valence-corrected chi connectivity index (χ2v) is 6.56. The van der Waals surface area contributed by atoms with Crippen molar-refractivity contribution in [3.8, 4) is 0 Å². The van der Waals surface area contributed by atoms with E-state index in [2.05, 4.69) is 46.9 Å². The molecular weight excluding hydrogens is 307 g/mol. The van der Waals surface area contributed by atoms with Gasteiger partial charge in [0.25, 0.3) is 0 Å². The Bertz CT molecular complexity index is 436. The molecule has 2 atom stereocenters. The molecule has 106 valence electrons. The third kappa shape index (κ3) is 3.56. The molecule has 19 heavy (non-hydrogen) atoms. The zero-order valence-corrected chi connectivity index (χ0v) is 13.4. The normalized spacial score (nSPS) is 24.9. The van der Waals surface area contributed by atoms with E-state index in [1.165, 1.54) is 6.07 Å². The number of nitrogens with one attached hydrogen (secondary N) is 1. The van der Waals surface area contributed by atoms with E-state index in [-0.39, 0.29) is 5.82 Å². The first kappa shape index (κ1) is 14.9. The summed E-state index contributed by atoms with van der Waals surface area (Å²) in [7, 11) is 0. The molecule has 0 spiro atoms. The second kappa shape index (κ2) is 6.33. The first-order chi connectivity index (χ1) is 8.99. The standard InChI is InChI=1S/C15H22BrFN2/c1-10(2)14-7-18-11(3)8-19(14)9-12-5-4-6-13(17)15(12)16/h4-6,10-11,14,18H,7-9H2,1-3H3. The summed E-state index contributed by atoms with van der Waals surface area (Å²) in [6, 6.07) is 6.27. The third-order valence-electron chi connectivity index (χ3n) is 3.83. The maximum absolute atomic E-state index is 13.6. The molecule has 0 amide bonds. The summed E-state index contributed by atoms with van der Waals surface area (Å²) in [6.45, 7) is 9.50. The monoisotopic (exact) mass is 328 g/mol. The fourth-order valence-electron chi connectivity index (χ4n) is 2.73. The summed E-state index contributed by atoms with van der Waals surface area (Å²) in [6.07, 6.45) is 0. The van der Waals surface area contributed by atoms with E-state index < -0.39 is 0 Å². The molecule has 1 aromatic carbocycles. The Labute approximate surface area is 123 Å². The lowest BCUT2D eigenvalue weighted by molar-refractivity contribution is 0.0953. The van der Waals surface area contributed by atoms with Crippen LogP contribution in [-0.4, -0.2) is 30.1 Å². The maximum atomic E-state index is 13.6. The topological polar surface area (TPSA) is 15.3 Å². The third-order valence-corrected chi connectivity index (χ3v) is 4.72. The predicted octanol–water partition coefficient (Wildman–Crippen LogP) is 3.41. The van der Waals surface area contributed by atoms with Crippen molar-refractivity contribution in [3.05, 3.63) is 34.1 Å². The average molecular weight is 329 g/mol. The van der Waals surface area contributed by atoms with Crippen molar-refractivity contribution in [2.45, 2.75) is 39.4 Å². The average Bonchev–Trinajstić information content (AvgIpc) is 2.35. The van der Waals surface area contributed by atoms with Gasteiger partial charge in [-0.2, -0.15) is 0 Å². The largest absolute Gasteiger partial charge is 0.311 e. The molecule has 1 aromatic rings. The highest BCUT2D eigenvalue weighted by Crippen LogP contribution is 2.24. The number of benzene rings is 1. The summed E-state index contributed by atoms with van der Waals surface area (Å²) in [4.78, 5) is 2.46. The van der Waals surface area contributed by atoms with Crippen LogP contribution >= 0.6 is 15.9 Å². The zero-order valence-electron chi connectivity index (χ0n) is 11.8.